The molecule has 9 aromatic heterocycles. The third kappa shape index (κ3) is 10.5. The van der Waals surface area contributed by atoms with Gasteiger partial charge in [0.25, 0.3) is 0 Å². The molecule has 0 bridgehead atoms. The van der Waals surface area contributed by atoms with Gasteiger partial charge in [0.1, 0.15) is 39.1 Å². The normalized spacial score (nSPS) is 12.7. The van der Waals surface area contributed by atoms with Crippen LogP contribution >= 0.6 is 0 Å². The number of rotatable bonds is 9. The van der Waals surface area contributed by atoms with Crippen LogP contribution in [0.15, 0.2) is 388 Å². The number of aromatic nitrogens is 9. The van der Waals surface area contributed by atoms with E-state index in [1.807, 2.05) is 146 Å². The molecule has 1 aliphatic carbocycles. The first-order valence-electron chi connectivity index (χ1n) is 41.8. The first-order chi connectivity index (χ1) is 61.2. The van der Waals surface area contributed by atoms with Crippen LogP contribution in [0, 0.1) is 0 Å². The number of furan rings is 4. The Morgan fingerprint density at radius 3 is 1.02 bits per heavy atom. The topological polar surface area (TPSA) is 145 Å². The highest BCUT2D eigenvalue weighted by Gasteiger charge is 2.37. The van der Waals surface area contributed by atoms with Gasteiger partial charge >= 0.3 is 0 Å². The lowest BCUT2D eigenvalue weighted by atomic mass is 9.82. The summed E-state index contributed by atoms with van der Waals surface area (Å²) in [4.78, 5) is 30.4. The Morgan fingerprint density at radius 2 is 0.532 bits per heavy atom. The van der Waals surface area contributed by atoms with Gasteiger partial charge in [-0.3, -0.25) is 0 Å². The minimum absolute atomic E-state index is 0.0858. The van der Waals surface area contributed by atoms with Crippen LogP contribution in [0.5, 0.6) is 0 Å². The van der Waals surface area contributed by atoms with Crippen molar-refractivity contribution in [1.82, 2.24) is 43.6 Å². The zero-order valence-electron chi connectivity index (χ0n) is 66.9. The minimum atomic E-state index is -0.0858. The van der Waals surface area contributed by atoms with Crippen LogP contribution < -0.4 is 0 Å². The van der Waals surface area contributed by atoms with Gasteiger partial charge in [0.2, 0.25) is 0 Å². The zero-order chi connectivity index (χ0) is 81.6. The fourth-order valence-corrected chi connectivity index (χ4v) is 19.7. The van der Waals surface area contributed by atoms with Crippen molar-refractivity contribution in [2.45, 2.75) is 19.3 Å². The third-order valence-corrected chi connectivity index (χ3v) is 25.4. The molecule has 17 aromatic carbocycles. The molecule has 1 aliphatic rings. The van der Waals surface area contributed by atoms with Gasteiger partial charge in [0.05, 0.1) is 55.5 Å². The van der Waals surface area contributed by atoms with Crippen molar-refractivity contribution in [3.05, 3.63) is 381 Å². The fraction of sp³-hybridized carbons (Fsp3) is 0.0270. The molecule has 124 heavy (non-hydrogen) atoms. The van der Waals surface area contributed by atoms with E-state index in [0.29, 0.717) is 34.9 Å². The van der Waals surface area contributed by atoms with E-state index in [0.717, 1.165) is 160 Å². The van der Waals surface area contributed by atoms with Gasteiger partial charge in [-0.05, 0) is 138 Å². The van der Waals surface area contributed by atoms with E-state index < -0.39 is 0 Å². The maximum Gasteiger partial charge on any atom is 0.167 e. The second-order valence-electron chi connectivity index (χ2n) is 32.7. The molecule has 0 fully saturated rings. The number of nitrogens with zero attached hydrogens (tertiary/aromatic N) is 9. The van der Waals surface area contributed by atoms with Crippen LogP contribution in [-0.4, -0.2) is 43.6 Å². The molecule has 13 heteroatoms. The van der Waals surface area contributed by atoms with Gasteiger partial charge in [-0.25, -0.2) is 29.9 Å². The quantitative estimate of drug-likeness (QED) is 0.137. The van der Waals surface area contributed by atoms with E-state index in [1.54, 1.807) is 0 Å². The summed E-state index contributed by atoms with van der Waals surface area (Å²) >= 11 is 0. The highest BCUT2D eigenvalue weighted by Crippen LogP contribution is 2.53. The molecule has 0 atom stereocenters. The van der Waals surface area contributed by atoms with Crippen molar-refractivity contribution < 1.29 is 17.7 Å². The molecule has 0 saturated heterocycles. The predicted octanol–water partition coefficient (Wildman–Crippen LogP) is 28.9. The first kappa shape index (κ1) is 69.3. The van der Waals surface area contributed by atoms with Gasteiger partial charge in [-0.2, -0.15) is 0 Å². The lowest BCUT2D eigenvalue weighted by molar-refractivity contribution is 0.661. The lowest BCUT2D eigenvalue weighted by Gasteiger charge is -2.21. The first-order valence-corrected chi connectivity index (χ1v) is 41.8. The summed E-state index contributed by atoms with van der Waals surface area (Å²) < 4.78 is 33.8. The van der Waals surface area contributed by atoms with Crippen molar-refractivity contribution >= 4 is 153 Å². The molecule has 0 saturated carbocycles. The van der Waals surface area contributed by atoms with Gasteiger partial charge in [-0.1, -0.05) is 269 Å². The number of benzene rings is 17. The Morgan fingerprint density at radius 1 is 0.202 bits per heavy atom. The van der Waals surface area contributed by atoms with Crippen LogP contribution in [0.25, 0.3) is 250 Å². The molecule has 0 N–H and O–H groups in total. The highest BCUT2D eigenvalue weighted by atomic mass is 16.3. The lowest BCUT2D eigenvalue weighted by Crippen LogP contribution is -2.14. The molecule has 0 unspecified atom stereocenters. The van der Waals surface area contributed by atoms with Crippen LogP contribution in [0.4, 0.5) is 0 Å². The molecule has 0 aliphatic heterocycles. The average molecular weight is 1590 g/mol. The summed E-state index contributed by atoms with van der Waals surface area (Å²) in [6.45, 7) is 4.69. The van der Waals surface area contributed by atoms with Gasteiger partial charge in [0.15, 0.2) is 40.5 Å². The Hall–Kier alpha value is -16.6. The Bertz CT molecular complexity index is 8940. The number of fused-ring (bicyclic) bond motifs is 24. The molecule has 0 spiro atoms. The maximum atomic E-state index is 6.78. The zero-order valence-corrected chi connectivity index (χ0v) is 66.9. The molecule has 27 rings (SSSR count). The summed E-state index contributed by atoms with van der Waals surface area (Å²) in [5.41, 5.74) is 26.7. The summed E-state index contributed by atoms with van der Waals surface area (Å²) in [5, 5.41) is 15.5. The molecule has 0 radical (unpaired) electrons. The smallest absolute Gasteiger partial charge is 0.167 e. The Labute approximate surface area is 706 Å². The van der Waals surface area contributed by atoms with Crippen LogP contribution in [-0.2, 0) is 5.41 Å². The van der Waals surface area contributed by atoms with Crippen LogP contribution in [0.2, 0.25) is 0 Å². The van der Waals surface area contributed by atoms with Crippen molar-refractivity contribution in [2.24, 2.45) is 0 Å². The van der Waals surface area contributed by atoms with Crippen molar-refractivity contribution in [3.63, 3.8) is 0 Å². The minimum Gasteiger partial charge on any atom is -0.455 e. The molecular weight excluding hydrogens is 1520 g/mol. The van der Waals surface area contributed by atoms with Crippen LogP contribution in [0.1, 0.15) is 25.0 Å². The number of para-hydroxylation sites is 9. The highest BCUT2D eigenvalue weighted by molar-refractivity contribution is 6.21. The summed E-state index contributed by atoms with van der Waals surface area (Å²) in [6.07, 6.45) is 0. The maximum absolute atomic E-state index is 6.78. The molecule has 9 heterocycles. The number of hydrogen-bond donors (Lipinski definition) is 0. The second-order valence-corrected chi connectivity index (χ2v) is 32.7. The largest absolute Gasteiger partial charge is 0.455 e. The molecular formula is C111H67N9O4. The molecule has 580 valence electrons. The van der Waals surface area contributed by atoms with E-state index in [9.17, 15) is 0 Å². The predicted molar refractivity (Wildman–Crippen MR) is 502 cm³/mol. The SMILES string of the molecule is CC1(C)c2ccccc2-c2cc3c(cc21)c1ccccc1n3-c1ccc2oc3c(-c4nc(-c5ccccc5)nc(-c5cccc6c5oc5ccccc56)n4)cccc3c2c1.c1ccc(-c2nc(-c3ccccc3)nc(-c3cccc4c3oc3ccc(-n5c6ccccc6c6cc7c(cc65)c5ccccc5n7-c5cccc6c5oc5ccccc56)cc34)n2)cc1. The molecule has 26 aromatic rings. The van der Waals surface area contributed by atoms with E-state index in [4.69, 9.17) is 47.6 Å². The van der Waals surface area contributed by atoms with E-state index in [-0.39, 0.29) is 5.41 Å². The van der Waals surface area contributed by atoms with Crippen molar-refractivity contribution in [3.8, 4) is 96.5 Å². The van der Waals surface area contributed by atoms with E-state index >= 15 is 0 Å². The van der Waals surface area contributed by atoms with Crippen molar-refractivity contribution in [2.75, 3.05) is 0 Å². The second kappa shape index (κ2) is 26.7. The molecule has 0 amide bonds. The number of hydrogen-bond acceptors (Lipinski definition) is 10. The van der Waals surface area contributed by atoms with E-state index in [1.165, 1.54) is 65.6 Å². The van der Waals surface area contributed by atoms with Crippen molar-refractivity contribution in [1.29, 1.82) is 0 Å². The Kier molecular flexibility index (Phi) is 14.9. The fourth-order valence-electron chi connectivity index (χ4n) is 19.7. The van der Waals surface area contributed by atoms with Gasteiger partial charge in [0, 0.05) is 109 Å². The summed E-state index contributed by atoms with van der Waals surface area (Å²) in [5.74, 6) is 3.40. The summed E-state index contributed by atoms with van der Waals surface area (Å²) in [7, 11) is 0. The van der Waals surface area contributed by atoms with Gasteiger partial charge < -0.3 is 31.4 Å². The summed E-state index contributed by atoms with van der Waals surface area (Å²) in [6, 6.07) is 129. The monoisotopic (exact) mass is 1590 g/mol. The average Bonchev–Trinajstić information content (AvgIpc) is 1.55. The third-order valence-electron chi connectivity index (χ3n) is 25.4. The van der Waals surface area contributed by atoms with E-state index in [2.05, 4.69) is 252 Å². The Balaban J connectivity index is 0.000000133. The standard InChI is InChI=1S/C57H33N5O2.C54H34N4O2/c1-3-15-34(16-4-1)55-58-56(35-17-5-2-6-18-35)60-57(59-55)42-24-13-22-41-45-31-36(29-30-52(45)63-53(41)42)61-46-25-10-7-19-37(46)43-33-50-44(32-49(43)61)38-20-8-11-26-47(38)62(50)48-27-14-23-40-39-21-9-12-28-51(39)64-54(40)48;1-54(2)43-23-9-6-16-33(43)40-30-46-41(29-44(40)54)34-17-7-10-24-45(34)58(46)32-26-27-48-42(28-32)37-20-13-22-39(50(37)60-48)53-56-51(31-14-4-3-5-15-31)55-52(57-53)38-21-12-19-36-35-18-8-11-25-47(35)59-49(36)38/h1-33H;3-30H,1-2H3. The van der Waals surface area contributed by atoms with Gasteiger partial charge in [-0.15, -0.1) is 0 Å². The van der Waals surface area contributed by atoms with Crippen LogP contribution in [0.3, 0.4) is 0 Å². The molecule has 13 nitrogen and oxygen atoms in total.